The Morgan fingerprint density at radius 3 is 2.81 bits per heavy atom. The Labute approximate surface area is 97.1 Å². The van der Waals surface area contributed by atoms with Crippen LogP contribution in [0.15, 0.2) is 17.2 Å². The molecule has 1 N–H and O–H groups in total. The van der Waals surface area contributed by atoms with Gasteiger partial charge in [-0.25, -0.2) is 0 Å². The molecule has 4 nitrogen and oxygen atoms in total. The Balaban J connectivity index is 2.51. The molecule has 0 aromatic carbocycles. The van der Waals surface area contributed by atoms with Gasteiger partial charge in [-0.3, -0.25) is 0 Å². The molecule has 2 unspecified atom stereocenters. The van der Waals surface area contributed by atoms with Crippen LogP contribution in [0, 0.1) is 6.92 Å². The van der Waals surface area contributed by atoms with Gasteiger partial charge in [-0.05, 0) is 26.2 Å². The Morgan fingerprint density at radius 2 is 2.31 bits per heavy atom. The van der Waals surface area contributed by atoms with Crippen molar-refractivity contribution in [1.29, 1.82) is 0 Å². The van der Waals surface area contributed by atoms with Gasteiger partial charge in [0.2, 0.25) is 5.89 Å². The predicted molar refractivity (Wildman–Crippen MR) is 64.1 cm³/mol. The predicted octanol–water partition coefficient (Wildman–Crippen LogP) is 2.77. The summed E-state index contributed by atoms with van der Waals surface area (Å²) in [6.45, 7) is 9.82. The highest BCUT2D eigenvalue weighted by Gasteiger charge is 2.17. The first-order chi connectivity index (χ1) is 7.67. The van der Waals surface area contributed by atoms with Crippen LogP contribution in [-0.4, -0.2) is 16.2 Å². The zero-order chi connectivity index (χ0) is 12.0. The minimum Gasteiger partial charge on any atom is -0.340 e. The molecule has 0 radical (unpaired) electrons. The zero-order valence-electron chi connectivity index (χ0n) is 10.4. The number of nitrogens with zero attached hydrogens (tertiary/aromatic N) is 2. The van der Waals surface area contributed by atoms with Gasteiger partial charge in [0.25, 0.3) is 0 Å². The van der Waals surface area contributed by atoms with Crippen molar-refractivity contribution in [2.45, 2.75) is 52.1 Å². The average Bonchev–Trinajstić information content (AvgIpc) is 2.69. The van der Waals surface area contributed by atoms with Crippen molar-refractivity contribution in [3.8, 4) is 0 Å². The topological polar surface area (TPSA) is 51.0 Å². The summed E-state index contributed by atoms with van der Waals surface area (Å²) in [4.78, 5) is 4.25. The van der Waals surface area contributed by atoms with Crippen LogP contribution in [-0.2, 0) is 0 Å². The fourth-order valence-electron chi connectivity index (χ4n) is 1.63. The number of hydrogen-bond donors (Lipinski definition) is 1. The second-order valence-corrected chi connectivity index (χ2v) is 4.07. The van der Waals surface area contributed by atoms with Gasteiger partial charge in [-0.1, -0.05) is 18.2 Å². The summed E-state index contributed by atoms with van der Waals surface area (Å²) in [7, 11) is 0. The monoisotopic (exact) mass is 223 g/mol. The first-order valence-electron chi connectivity index (χ1n) is 5.84. The third kappa shape index (κ3) is 3.77. The normalized spacial score (nSPS) is 14.7. The van der Waals surface area contributed by atoms with Crippen molar-refractivity contribution in [2.75, 3.05) is 0 Å². The molecule has 2 atom stereocenters. The van der Waals surface area contributed by atoms with Gasteiger partial charge in [0.1, 0.15) is 0 Å². The molecule has 1 heterocycles. The molecule has 1 aromatic heterocycles. The molecule has 0 fully saturated rings. The number of aryl methyl sites for hydroxylation is 1. The lowest BCUT2D eigenvalue weighted by Gasteiger charge is -2.19. The van der Waals surface area contributed by atoms with E-state index in [2.05, 4.69) is 35.9 Å². The van der Waals surface area contributed by atoms with Gasteiger partial charge in [0.15, 0.2) is 5.82 Å². The maximum absolute atomic E-state index is 4.99. The van der Waals surface area contributed by atoms with Gasteiger partial charge in [0, 0.05) is 13.0 Å². The van der Waals surface area contributed by atoms with Gasteiger partial charge in [-0.15, -0.1) is 6.58 Å². The molecule has 0 spiro atoms. The van der Waals surface area contributed by atoms with E-state index in [0.29, 0.717) is 11.9 Å². The number of aromatic nitrogens is 2. The maximum atomic E-state index is 4.99. The van der Waals surface area contributed by atoms with Crippen LogP contribution in [0.3, 0.4) is 0 Å². The quantitative estimate of drug-likeness (QED) is 0.722. The average molecular weight is 223 g/mol. The van der Waals surface area contributed by atoms with Crippen LogP contribution in [0.2, 0.25) is 0 Å². The van der Waals surface area contributed by atoms with Crippen molar-refractivity contribution in [2.24, 2.45) is 0 Å². The van der Waals surface area contributed by atoms with Crippen LogP contribution in [0.4, 0.5) is 0 Å². The summed E-state index contributed by atoms with van der Waals surface area (Å²) in [6.07, 6.45) is 5.00. The second kappa shape index (κ2) is 6.43. The van der Waals surface area contributed by atoms with E-state index in [1.54, 1.807) is 0 Å². The highest BCUT2D eigenvalue weighted by molar-refractivity contribution is 4.93. The lowest BCUT2D eigenvalue weighted by atomic mass is 10.1. The highest BCUT2D eigenvalue weighted by Crippen LogP contribution is 2.14. The number of rotatable bonds is 7. The molecular weight excluding hydrogens is 202 g/mol. The van der Waals surface area contributed by atoms with E-state index in [4.69, 9.17) is 4.52 Å². The van der Waals surface area contributed by atoms with E-state index in [0.717, 1.165) is 25.1 Å². The third-order valence-corrected chi connectivity index (χ3v) is 2.55. The summed E-state index contributed by atoms with van der Waals surface area (Å²) >= 11 is 0. The smallest absolute Gasteiger partial charge is 0.223 e. The lowest BCUT2D eigenvalue weighted by Crippen LogP contribution is -2.30. The summed E-state index contributed by atoms with van der Waals surface area (Å²) in [5.74, 6) is 1.37. The SMILES string of the molecule is C=CCCC(C)NC(CC)c1noc(C)n1. The fraction of sp³-hybridized carbons (Fsp3) is 0.667. The molecule has 1 rings (SSSR count). The van der Waals surface area contributed by atoms with Gasteiger partial charge in [-0.2, -0.15) is 4.98 Å². The number of allylic oxidation sites excluding steroid dienone is 1. The van der Waals surface area contributed by atoms with Crippen LogP contribution in [0.25, 0.3) is 0 Å². The summed E-state index contributed by atoms with van der Waals surface area (Å²) < 4.78 is 4.99. The molecule has 0 saturated carbocycles. The van der Waals surface area contributed by atoms with Crippen molar-refractivity contribution in [3.63, 3.8) is 0 Å². The van der Waals surface area contributed by atoms with Crippen molar-refractivity contribution >= 4 is 0 Å². The molecule has 0 aliphatic heterocycles. The van der Waals surface area contributed by atoms with Crippen LogP contribution in [0.1, 0.15) is 50.9 Å². The van der Waals surface area contributed by atoms with Crippen LogP contribution >= 0.6 is 0 Å². The Morgan fingerprint density at radius 1 is 1.56 bits per heavy atom. The summed E-state index contributed by atoms with van der Waals surface area (Å²) in [5, 5.41) is 7.45. The molecule has 0 aliphatic rings. The van der Waals surface area contributed by atoms with E-state index in [1.165, 1.54) is 0 Å². The Hall–Kier alpha value is -1.16. The largest absolute Gasteiger partial charge is 0.340 e. The fourth-order valence-corrected chi connectivity index (χ4v) is 1.63. The molecule has 0 aliphatic carbocycles. The molecule has 0 bridgehead atoms. The van der Waals surface area contributed by atoms with Crippen molar-refractivity contribution in [1.82, 2.24) is 15.5 Å². The Kier molecular flexibility index (Phi) is 5.19. The molecule has 4 heteroatoms. The molecular formula is C12H21N3O. The van der Waals surface area contributed by atoms with Crippen molar-refractivity contribution < 1.29 is 4.52 Å². The van der Waals surface area contributed by atoms with E-state index in [1.807, 2.05) is 13.0 Å². The standard InChI is InChI=1S/C12H21N3O/c1-5-7-8-9(3)13-11(6-2)12-14-10(4)16-15-12/h5,9,11,13H,1,6-8H2,2-4H3. The van der Waals surface area contributed by atoms with Gasteiger partial charge in [0.05, 0.1) is 6.04 Å². The highest BCUT2D eigenvalue weighted by atomic mass is 16.5. The first-order valence-corrected chi connectivity index (χ1v) is 5.84. The summed E-state index contributed by atoms with van der Waals surface area (Å²) in [6, 6.07) is 0.610. The molecule has 90 valence electrons. The molecule has 1 aromatic rings. The van der Waals surface area contributed by atoms with Gasteiger partial charge >= 0.3 is 0 Å². The Bertz CT molecular complexity index is 322. The summed E-state index contributed by atoms with van der Waals surface area (Å²) in [5.41, 5.74) is 0. The molecule has 16 heavy (non-hydrogen) atoms. The van der Waals surface area contributed by atoms with E-state index in [-0.39, 0.29) is 6.04 Å². The minimum atomic E-state index is 0.178. The molecule has 0 amide bonds. The zero-order valence-corrected chi connectivity index (χ0v) is 10.4. The first kappa shape index (κ1) is 12.9. The third-order valence-electron chi connectivity index (χ3n) is 2.55. The lowest BCUT2D eigenvalue weighted by molar-refractivity contribution is 0.363. The van der Waals surface area contributed by atoms with Gasteiger partial charge < -0.3 is 9.84 Å². The molecule has 0 saturated heterocycles. The van der Waals surface area contributed by atoms with E-state index >= 15 is 0 Å². The second-order valence-electron chi connectivity index (χ2n) is 4.07. The van der Waals surface area contributed by atoms with Crippen molar-refractivity contribution in [3.05, 3.63) is 24.4 Å². The van der Waals surface area contributed by atoms with E-state index < -0.39 is 0 Å². The maximum Gasteiger partial charge on any atom is 0.223 e. The number of hydrogen-bond acceptors (Lipinski definition) is 4. The number of nitrogens with one attached hydrogen (secondary N) is 1. The van der Waals surface area contributed by atoms with Crippen LogP contribution in [0.5, 0.6) is 0 Å². The minimum absolute atomic E-state index is 0.178. The van der Waals surface area contributed by atoms with E-state index in [9.17, 15) is 0 Å². The van der Waals surface area contributed by atoms with Crippen LogP contribution < -0.4 is 5.32 Å².